The minimum atomic E-state index is -1.13. The average Bonchev–Trinajstić information content (AvgIpc) is 2.86. The van der Waals surface area contributed by atoms with E-state index < -0.39 is 18.1 Å². The summed E-state index contributed by atoms with van der Waals surface area (Å²) in [6, 6.07) is 22.5. The van der Waals surface area contributed by atoms with E-state index >= 15 is 0 Å². The van der Waals surface area contributed by atoms with Gasteiger partial charge in [0, 0.05) is 41.2 Å². The second-order valence-electron chi connectivity index (χ2n) is 8.23. The molecule has 35 heavy (non-hydrogen) atoms. The van der Waals surface area contributed by atoms with Crippen LogP contribution in [-0.4, -0.2) is 42.9 Å². The molecule has 3 aromatic rings. The van der Waals surface area contributed by atoms with E-state index in [1.165, 1.54) is 5.56 Å². The lowest BCUT2D eigenvalue weighted by atomic mass is 9.99. The van der Waals surface area contributed by atoms with Gasteiger partial charge in [-0.05, 0) is 30.7 Å². The third kappa shape index (κ3) is 7.18. The summed E-state index contributed by atoms with van der Waals surface area (Å²) < 4.78 is 0. The minimum Gasteiger partial charge on any atom is -0.370 e. The highest BCUT2D eigenvalue weighted by molar-refractivity contribution is 7.80. The van der Waals surface area contributed by atoms with Crippen molar-refractivity contribution in [2.24, 2.45) is 10.7 Å². The third-order valence-corrected chi connectivity index (χ3v) is 6.02. The van der Waals surface area contributed by atoms with Gasteiger partial charge in [-0.3, -0.25) is 14.6 Å². The first-order chi connectivity index (χ1) is 16.8. The molecule has 0 radical (unpaired) electrons. The molecule has 2 atom stereocenters. The zero-order chi connectivity index (χ0) is 25.4. The predicted molar refractivity (Wildman–Crippen MR) is 147 cm³/mol. The van der Waals surface area contributed by atoms with E-state index in [9.17, 15) is 9.59 Å². The van der Waals surface area contributed by atoms with Crippen LogP contribution in [0.3, 0.4) is 0 Å². The molecule has 6 nitrogen and oxygen atoms in total. The van der Waals surface area contributed by atoms with Crippen LogP contribution in [0.25, 0.3) is 0 Å². The number of nitrogens with two attached hydrogens (primary N) is 1. The molecule has 0 aliphatic heterocycles. The van der Waals surface area contributed by atoms with Gasteiger partial charge in [-0.1, -0.05) is 71.8 Å². The number of rotatable bonds is 10. The Balaban J connectivity index is 2.08. The van der Waals surface area contributed by atoms with Gasteiger partial charge < -0.3 is 16.0 Å². The Morgan fingerprint density at radius 2 is 1.89 bits per heavy atom. The SMILES string of the molecule is Cc1cccc(CN(C)c2ccc(Cl)cc2/C(=N\C(C=O)NC(=O)C(N)CS)c2ccccc2)c1. The van der Waals surface area contributed by atoms with Crippen LogP contribution in [0.2, 0.25) is 5.02 Å². The highest BCUT2D eigenvalue weighted by Gasteiger charge is 2.20. The fourth-order valence-corrected chi connectivity index (χ4v) is 4.01. The summed E-state index contributed by atoms with van der Waals surface area (Å²) >= 11 is 10.5. The monoisotopic (exact) mass is 508 g/mol. The van der Waals surface area contributed by atoms with E-state index in [-0.39, 0.29) is 5.75 Å². The van der Waals surface area contributed by atoms with E-state index in [1.807, 2.05) is 61.6 Å². The largest absolute Gasteiger partial charge is 0.370 e. The number of amides is 1. The summed E-state index contributed by atoms with van der Waals surface area (Å²) in [6.45, 7) is 2.72. The molecule has 3 N–H and O–H groups in total. The van der Waals surface area contributed by atoms with Gasteiger partial charge in [-0.25, -0.2) is 0 Å². The van der Waals surface area contributed by atoms with Gasteiger partial charge in [0.25, 0.3) is 0 Å². The first kappa shape index (κ1) is 26.5. The van der Waals surface area contributed by atoms with Crippen LogP contribution in [0, 0.1) is 6.92 Å². The number of hydrogen-bond donors (Lipinski definition) is 3. The number of anilines is 1. The summed E-state index contributed by atoms with van der Waals surface area (Å²) in [5, 5.41) is 3.11. The summed E-state index contributed by atoms with van der Waals surface area (Å²) in [4.78, 5) is 31.0. The Hall–Kier alpha value is -3.13. The van der Waals surface area contributed by atoms with Crippen LogP contribution in [-0.2, 0) is 16.1 Å². The van der Waals surface area contributed by atoms with Crippen LogP contribution in [0.1, 0.15) is 22.3 Å². The molecule has 0 fully saturated rings. The number of carbonyl (C=O) groups is 2. The molecule has 0 spiro atoms. The second kappa shape index (κ2) is 12.5. The average molecular weight is 509 g/mol. The zero-order valence-corrected chi connectivity index (χ0v) is 21.3. The predicted octanol–water partition coefficient (Wildman–Crippen LogP) is 4.02. The molecule has 1 amide bonds. The van der Waals surface area contributed by atoms with Crippen LogP contribution < -0.4 is 16.0 Å². The minimum absolute atomic E-state index is 0.148. The van der Waals surface area contributed by atoms with Gasteiger partial charge in [0.2, 0.25) is 5.91 Å². The summed E-state index contributed by atoms with van der Waals surface area (Å²) in [7, 11) is 1.99. The number of hydrogen-bond acceptors (Lipinski definition) is 6. The van der Waals surface area contributed by atoms with Crippen LogP contribution in [0.15, 0.2) is 77.8 Å². The van der Waals surface area contributed by atoms with Gasteiger partial charge in [0.1, 0.15) is 0 Å². The number of aldehydes is 1. The van der Waals surface area contributed by atoms with Gasteiger partial charge >= 0.3 is 0 Å². The molecule has 2 unspecified atom stereocenters. The molecule has 3 rings (SSSR count). The topological polar surface area (TPSA) is 87.8 Å². The molecule has 0 bridgehead atoms. The summed E-state index contributed by atoms with van der Waals surface area (Å²) in [5.74, 6) is -0.356. The Morgan fingerprint density at radius 3 is 2.54 bits per heavy atom. The van der Waals surface area contributed by atoms with Gasteiger partial charge in [-0.15, -0.1) is 0 Å². The van der Waals surface area contributed by atoms with E-state index in [0.717, 1.165) is 22.4 Å². The fraction of sp³-hybridized carbons (Fsp3) is 0.222. The molecular formula is C27H29ClN4O2S. The van der Waals surface area contributed by atoms with E-state index in [1.54, 1.807) is 0 Å². The quantitative estimate of drug-likeness (QED) is 0.219. The van der Waals surface area contributed by atoms with Crippen LogP contribution in [0.5, 0.6) is 0 Å². The number of thiol groups is 1. The molecule has 0 saturated carbocycles. The molecule has 0 saturated heterocycles. The molecule has 0 aliphatic rings. The molecule has 0 heterocycles. The Morgan fingerprint density at radius 1 is 1.14 bits per heavy atom. The van der Waals surface area contributed by atoms with E-state index in [0.29, 0.717) is 23.6 Å². The van der Waals surface area contributed by atoms with Crippen molar-refractivity contribution in [2.75, 3.05) is 17.7 Å². The first-order valence-electron chi connectivity index (χ1n) is 11.1. The lowest BCUT2D eigenvalue weighted by Gasteiger charge is -2.24. The molecule has 0 aromatic heterocycles. The summed E-state index contributed by atoms with van der Waals surface area (Å²) in [6.07, 6.45) is -0.551. The van der Waals surface area contributed by atoms with Gasteiger partial charge in [0.15, 0.2) is 12.5 Å². The Kier molecular flexibility index (Phi) is 9.48. The number of benzene rings is 3. The number of halogens is 1. The van der Waals surface area contributed by atoms with Crippen molar-refractivity contribution in [3.05, 3.63) is 100 Å². The normalized spacial score (nSPS) is 13.1. The summed E-state index contributed by atoms with van der Waals surface area (Å²) in [5.41, 5.74) is 11.0. The third-order valence-electron chi connectivity index (χ3n) is 5.40. The second-order valence-corrected chi connectivity index (χ2v) is 9.03. The van der Waals surface area contributed by atoms with Crippen molar-refractivity contribution in [1.29, 1.82) is 0 Å². The highest BCUT2D eigenvalue weighted by Crippen LogP contribution is 2.28. The lowest BCUT2D eigenvalue weighted by Crippen LogP contribution is -2.46. The van der Waals surface area contributed by atoms with E-state index in [2.05, 4.69) is 53.0 Å². The number of aliphatic imine (C=N–C) groups is 1. The number of nitrogens with zero attached hydrogens (tertiary/aromatic N) is 2. The first-order valence-corrected chi connectivity index (χ1v) is 12.2. The van der Waals surface area contributed by atoms with Gasteiger partial charge in [0.05, 0.1) is 11.8 Å². The molecule has 182 valence electrons. The number of carbonyl (C=O) groups excluding carboxylic acids is 2. The van der Waals surface area contributed by atoms with Crippen molar-refractivity contribution < 1.29 is 9.59 Å². The van der Waals surface area contributed by atoms with Crippen molar-refractivity contribution >= 4 is 47.8 Å². The van der Waals surface area contributed by atoms with Gasteiger partial charge in [-0.2, -0.15) is 12.6 Å². The maximum absolute atomic E-state index is 12.3. The van der Waals surface area contributed by atoms with Crippen molar-refractivity contribution in [1.82, 2.24) is 5.32 Å². The maximum atomic E-state index is 12.3. The zero-order valence-electron chi connectivity index (χ0n) is 19.7. The fourth-order valence-electron chi connectivity index (χ4n) is 3.67. The van der Waals surface area contributed by atoms with Crippen LogP contribution in [0.4, 0.5) is 5.69 Å². The van der Waals surface area contributed by atoms with Crippen molar-refractivity contribution in [2.45, 2.75) is 25.7 Å². The van der Waals surface area contributed by atoms with Crippen molar-refractivity contribution in [3.8, 4) is 0 Å². The smallest absolute Gasteiger partial charge is 0.239 e. The molecule has 8 heteroatoms. The molecule has 0 aliphatic carbocycles. The van der Waals surface area contributed by atoms with E-state index in [4.69, 9.17) is 17.3 Å². The Bertz CT molecular complexity index is 1200. The van der Waals surface area contributed by atoms with Crippen molar-refractivity contribution in [3.63, 3.8) is 0 Å². The van der Waals surface area contributed by atoms with Crippen LogP contribution >= 0.6 is 24.2 Å². The molecular weight excluding hydrogens is 480 g/mol. The molecule has 3 aromatic carbocycles. The standard InChI is InChI=1S/C27H29ClN4O2S/c1-18-7-6-8-19(13-18)15-32(2)24-12-11-21(28)14-22(24)26(20-9-4-3-5-10-20)30-25(16-33)31-27(34)23(29)17-35/h3-14,16,23,25,35H,15,17,29H2,1-2H3,(H,31,34)/b30-26-. The maximum Gasteiger partial charge on any atom is 0.239 e. The lowest BCUT2D eigenvalue weighted by molar-refractivity contribution is -0.124. The Labute approximate surface area is 216 Å². The number of nitrogens with one attached hydrogen (secondary N) is 1. The highest BCUT2D eigenvalue weighted by atomic mass is 35.5. The number of aryl methyl sites for hydroxylation is 1.